The van der Waals surface area contributed by atoms with Crippen LogP contribution in [0.5, 0.6) is 0 Å². The molecule has 10 heavy (non-hydrogen) atoms. The van der Waals surface area contributed by atoms with Crippen molar-refractivity contribution in [3.8, 4) is 0 Å². The molecule has 4 heteroatoms. The SMILES string of the molecule is [Cl-].[F][Mg][c]1ccccc1.[Li+]. The van der Waals surface area contributed by atoms with E-state index in [1.165, 1.54) is 0 Å². The van der Waals surface area contributed by atoms with Crippen LogP contribution in [0.25, 0.3) is 0 Å². The molecule has 0 unspecified atom stereocenters. The zero-order chi connectivity index (χ0) is 5.82. The topological polar surface area (TPSA) is 0 Å². The normalized spacial score (nSPS) is 6.50. The Labute approximate surface area is 88.6 Å². The van der Waals surface area contributed by atoms with Gasteiger partial charge in [0.05, 0.1) is 0 Å². The summed E-state index contributed by atoms with van der Waals surface area (Å²) in [6.45, 7) is 0. The zero-order valence-electron chi connectivity index (χ0n) is 5.85. The first kappa shape index (κ1) is 13.4. The van der Waals surface area contributed by atoms with E-state index in [4.69, 9.17) is 0 Å². The second-order valence-corrected chi connectivity index (χ2v) is 2.70. The van der Waals surface area contributed by atoms with Crippen LogP contribution in [0.1, 0.15) is 0 Å². The maximum Gasteiger partial charge on any atom is 1.00 e. The van der Waals surface area contributed by atoms with Crippen molar-refractivity contribution in [1.29, 1.82) is 0 Å². The Hall–Kier alpha value is 0.804. The third kappa shape index (κ3) is 4.59. The Morgan fingerprint density at radius 2 is 1.60 bits per heavy atom. The van der Waals surface area contributed by atoms with Gasteiger partial charge in [-0.2, -0.15) is 0 Å². The van der Waals surface area contributed by atoms with Gasteiger partial charge < -0.3 is 15.4 Å². The smallest absolute Gasteiger partial charge is 1.00 e. The van der Waals surface area contributed by atoms with Crippen LogP contribution in [0.2, 0.25) is 0 Å². The standard InChI is InChI=1S/C6H5.ClH.FH.Li.Mg/c1-2-4-6-5-3-1;;;;/h1-5H;2*1H;;/q;;;2*+1/p-2. The van der Waals surface area contributed by atoms with Crippen molar-refractivity contribution in [1.82, 2.24) is 0 Å². The van der Waals surface area contributed by atoms with Crippen LogP contribution >= 0.6 is 0 Å². The first-order valence-corrected chi connectivity index (χ1v) is 3.77. The van der Waals surface area contributed by atoms with Gasteiger partial charge in [-0.05, 0) is 0 Å². The van der Waals surface area contributed by atoms with Crippen LogP contribution in [0, 0.1) is 0 Å². The molecule has 0 aliphatic carbocycles. The Bertz CT molecular complexity index is 159. The van der Waals surface area contributed by atoms with E-state index in [2.05, 4.69) is 0 Å². The molecule has 1 rings (SSSR count). The van der Waals surface area contributed by atoms with Crippen LogP contribution < -0.4 is 35.0 Å². The molecule has 0 saturated heterocycles. The molecule has 0 aromatic heterocycles. The molecule has 0 saturated carbocycles. The van der Waals surface area contributed by atoms with Crippen molar-refractivity contribution in [2.45, 2.75) is 0 Å². The summed E-state index contributed by atoms with van der Waals surface area (Å²) in [7, 11) is 0. The van der Waals surface area contributed by atoms with E-state index in [0.717, 1.165) is 3.69 Å². The van der Waals surface area contributed by atoms with E-state index in [1.807, 2.05) is 30.3 Å². The number of hydrogen-bond acceptors (Lipinski definition) is 0. The quantitative estimate of drug-likeness (QED) is 0.363. The molecule has 0 aliphatic heterocycles. The van der Waals surface area contributed by atoms with E-state index < -0.39 is 20.9 Å². The molecule has 0 aliphatic rings. The van der Waals surface area contributed by atoms with Gasteiger partial charge >= 0.3 is 39.8 Å². The van der Waals surface area contributed by atoms with E-state index >= 15 is 0 Å². The minimum Gasteiger partial charge on any atom is -1.00 e. The summed E-state index contributed by atoms with van der Waals surface area (Å²) >= 11 is -1.41. The third-order valence-corrected chi connectivity index (χ3v) is 1.78. The summed E-state index contributed by atoms with van der Waals surface area (Å²) in [5, 5.41) is 0. The van der Waals surface area contributed by atoms with E-state index in [9.17, 15) is 2.96 Å². The third-order valence-electron chi connectivity index (χ3n) is 0.997. The molecule has 0 nitrogen and oxygen atoms in total. The Morgan fingerprint density at radius 1 is 1.10 bits per heavy atom. The van der Waals surface area contributed by atoms with E-state index in [0.29, 0.717) is 0 Å². The molecule has 0 fully saturated rings. The largest absolute Gasteiger partial charge is 1.00 e. The monoisotopic (exact) mass is 162 g/mol. The maximum atomic E-state index is 11.9. The molecule has 0 heterocycles. The molecule has 0 N–H and O–H groups in total. The second-order valence-electron chi connectivity index (χ2n) is 1.62. The maximum absolute atomic E-state index is 11.9. The Morgan fingerprint density at radius 3 is 1.90 bits per heavy atom. The second kappa shape index (κ2) is 7.91. The molecule has 46 valence electrons. The summed E-state index contributed by atoms with van der Waals surface area (Å²) in [4.78, 5) is 0. The summed E-state index contributed by atoms with van der Waals surface area (Å²) in [6, 6.07) is 9.27. The zero-order valence-corrected chi connectivity index (χ0v) is 8.02. The van der Waals surface area contributed by atoms with Gasteiger partial charge in [0.2, 0.25) is 0 Å². The average Bonchev–Trinajstić information content (AvgIpc) is 1.90. The van der Waals surface area contributed by atoms with Gasteiger partial charge in [-0.3, -0.25) is 0 Å². The van der Waals surface area contributed by atoms with Crippen LogP contribution in [0.4, 0.5) is 2.96 Å². The predicted molar refractivity (Wildman–Crippen MR) is 32.9 cm³/mol. The molecule has 0 radical (unpaired) electrons. The molecule has 1 aromatic rings. The molecule has 0 atom stereocenters. The fraction of sp³-hybridized carbons (Fsp3) is 0. The van der Waals surface area contributed by atoms with E-state index in [-0.39, 0.29) is 31.3 Å². The summed E-state index contributed by atoms with van der Waals surface area (Å²) in [5.74, 6) is 0. The summed E-state index contributed by atoms with van der Waals surface area (Å²) in [5.41, 5.74) is 0. The summed E-state index contributed by atoms with van der Waals surface area (Å²) in [6.07, 6.45) is 0. The minimum absolute atomic E-state index is 0. The van der Waals surface area contributed by atoms with Gasteiger partial charge in [-0.15, -0.1) is 3.69 Å². The van der Waals surface area contributed by atoms with Gasteiger partial charge in [-0.1, -0.05) is 30.3 Å². The van der Waals surface area contributed by atoms with Gasteiger partial charge in [-0.25, -0.2) is 0 Å². The number of halogens is 2. The van der Waals surface area contributed by atoms with Gasteiger partial charge in [0, 0.05) is 0 Å². The predicted octanol–water partition coefficient (Wildman–Crippen LogP) is -5.09. The van der Waals surface area contributed by atoms with Crippen LogP contribution in [-0.4, -0.2) is 20.9 Å². The van der Waals surface area contributed by atoms with Gasteiger partial charge in [0.15, 0.2) is 0 Å². The van der Waals surface area contributed by atoms with Crippen molar-refractivity contribution in [3.63, 3.8) is 0 Å². The fourth-order valence-corrected chi connectivity index (χ4v) is 1.02. The van der Waals surface area contributed by atoms with Crippen molar-refractivity contribution in [2.24, 2.45) is 0 Å². The summed E-state index contributed by atoms with van der Waals surface area (Å²) < 4.78 is 12.7. The molecular weight excluding hydrogens is 158 g/mol. The molecule has 1 aromatic carbocycles. The Kier molecular flexibility index (Phi) is 10.6. The fourth-order valence-electron chi connectivity index (χ4n) is 0.567. The minimum atomic E-state index is -1.41. The molecule has 0 amide bonds. The molecule has 0 bridgehead atoms. The van der Waals surface area contributed by atoms with Gasteiger partial charge in [0.1, 0.15) is 0 Å². The van der Waals surface area contributed by atoms with Crippen molar-refractivity contribution >= 4 is 24.6 Å². The van der Waals surface area contributed by atoms with Crippen LogP contribution in [-0.2, 0) is 0 Å². The van der Waals surface area contributed by atoms with Gasteiger partial charge in [0.25, 0.3) is 0 Å². The molecular formula is C6H5ClFLiMg. The van der Waals surface area contributed by atoms with Crippen molar-refractivity contribution in [3.05, 3.63) is 30.3 Å². The van der Waals surface area contributed by atoms with E-state index in [1.54, 1.807) is 0 Å². The Balaban J connectivity index is 0. The first-order valence-electron chi connectivity index (χ1n) is 2.53. The van der Waals surface area contributed by atoms with Crippen LogP contribution in [0.3, 0.4) is 0 Å². The average molecular weight is 163 g/mol. The number of benzene rings is 1. The van der Waals surface area contributed by atoms with Crippen LogP contribution in [0.15, 0.2) is 30.3 Å². The molecule has 0 spiro atoms. The first-order chi connectivity index (χ1) is 3.93. The number of rotatable bonds is 1. The van der Waals surface area contributed by atoms with Crippen molar-refractivity contribution in [2.75, 3.05) is 0 Å². The number of hydrogen-bond donors (Lipinski definition) is 0. The van der Waals surface area contributed by atoms with Crippen molar-refractivity contribution < 1.29 is 34.2 Å².